The molecule has 0 radical (unpaired) electrons. The van der Waals surface area contributed by atoms with Crippen molar-refractivity contribution >= 4 is 41.3 Å². The fraction of sp³-hybridized carbons (Fsp3) is 0.703. The van der Waals surface area contributed by atoms with Crippen molar-refractivity contribution in [2.24, 2.45) is 16.1 Å². The Morgan fingerprint density at radius 1 is 0.875 bits per heavy atom. The molecule has 0 aromatic heterocycles. The van der Waals surface area contributed by atoms with Crippen LogP contribution in [0.2, 0.25) is 0 Å². The van der Waals surface area contributed by atoms with Gasteiger partial charge in [0.05, 0.1) is 38.5 Å². The molecule has 56 heavy (non-hydrogen) atoms. The summed E-state index contributed by atoms with van der Waals surface area (Å²) in [5.41, 5.74) is -2.78. The molecule has 4 rings (SSSR count). The highest BCUT2D eigenvalue weighted by Gasteiger charge is 2.65. The Balaban J connectivity index is 0.979. The molecule has 5 amide bonds. The SMILES string of the molecule is CC(C)C(=O)CCC(NC(=O)c1ccc(C2(C(F)(F)F)N=N2)cc1)C(=O)NCCCOCCOCCOCCCNC(=O)CCCCC1SC[C@@H]2NC(=O)N[C@H]12. The summed E-state index contributed by atoms with van der Waals surface area (Å²) in [5.74, 6) is -0.524. The van der Waals surface area contributed by atoms with Crippen LogP contribution in [0.1, 0.15) is 81.1 Å². The number of carbonyl (C=O) groups excluding carboxylic acids is 5. The number of fused-ring (bicyclic) bond motifs is 1. The van der Waals surface area contributed by atoms with Crippen LogP contribution >= 0.6 is 11.8 Å². The number of amides is 5. The number of halogens is 3. The van der Waals surface area contributed by atoms with E-state index >= 15 is 0 Å². The number of nitrogens with zero attached hydrogens (tertiary/aromatic N) is 2. The summed E-state index contributed by atoms with van der Waals surface area (Å²) in [4.78, 5) is 61.7. The first kappa shape index (κ1) is 44.9. The highest BCUT2D eigenvalue weighted by atomic mass is 32.2. The fourth-order valence-corrected chi connectivity index (χ4v) is 7.74. The van der Waals surface area contributed by atoms with Gasteiger partial charge in [-0.1, -0.05) is 32.4 Å². The zero-order valence-electron chi connectivity index (χ0n) is 31.9. The lowest BCUT2D eigenvalue weighted by Crippen LogP contribution is -2.47. The molecule has 4 atom stereocenters. The van der Waals surface area contributed by atoms with Crippen molar-refractivity contribution in [3.8, 4) is 0 Å². The number of unbranched alkanes of at least 4 members (excludes halogenated alkanes) is 1. The third-order valence-corrected chi connectivity index (χ3v) is 11.1. The number of Topliss-reactive ketones (excluding diaryl/α,β-unsaturated/α-hetero) is 1. The van der Waals surface area contributed by atoms with E-state index in [0.29, 0.717) is 70.7 Å². The normalized spacial score (nSPS) is 19.9. The number of benzene rings is 1. The van der Waals surface area contributed by atoms with Gasteiger partial charge in [-0.2, -0.15) is 24.9 Å². The van der Waals surface area contributed by atoms with Crippen LogP contribution in [0.15, 0.2) is 34.5 Å². The predicted molar refractivity (Wildman–Crippen MR) is 201 cm³/mol. The molecular formula is C37H54F3N7O8S. The summed E-state index contributed by atoms with van der Waals surface area (Å²) in [5, 5.41) is 20.9. The maximum absolute atomic E-state index is 13.3. The monoisotopic (exact) mass is 813 g/mol. The summed E-state index contributed by atoms with van der Waals surface area (Å²) in [6, 6.07) is 3.96. The Hall–Kier alpha value is -3.81. The number of rotatable bonds is 27. The summed E-state index contributed by atoms with van der Waals surface area (Å²) in [6.45, 7) is 6.62. The van der Waals surface area contributed by atoms with Gasteiger partial charge in [0.1, 0.15) is 11.8 Å². The van der Waals surface area contributed by atoms with E-state index in [-0.39, 0.29) is 66.2 Å². The third kappa shape index (κ3) is 14.0. The molecule has 2 fully saturated rings. The van der Waals surface area contributed by atoms with E-state index in [4.69, 9.17) is 14.2 Å². The Morgan fingerprint density at radius 2 is 1.50 bits per heavy atom. The maximum Gasteiger partial charge on any atom is 0.442 e. The Bertz CT molecular complexity index is 1490. The Kier molecular flexibility index (Phi) is 17.8. The smallest absolute Gasteiger partial charge is 0.379 e. The summed E-state index contributed by atoms with van der Waals surface area (Å²) >= 11 is 1.88. The number of nitrogens with one attached hydrogen (secondary N) is 5. The molecule has 312 valence electrons. The Labute approximate surface area is 329 Å². The number of thioether (sulfide) groups is 1. The molecule has 0 saturated carbocycles. The summed E-state index contributed by atoms with van der Waals surface area (Å²) in [7, 11) is 0. The van der Waals surface area contributed by atoms with Crippen LogP contribution in [0.25, 0.3) is 0 Å². The topological polar surface area (TPSA) is 198 Å². The second-order valence-electron chi connectivity index (χ2n) is 14.2. The minimum absolute atomic E-state index is 0.0319. The van der Waals surface area contributed by atoms with E-state index in [9.17, 15) is 37.1 Å². The van der Waals surface area contributed by atoms with Crippen LogP contribution in [0, 0.1) is 5.92 Å². The van der Waals surface area contributed by atoms with Crippen LogP contribution in [0.3, 0.4) is 0 Å². The van der Waals surface area contributed by atoms with Gasteiger partial charge in [-0.25, -0.2) is 4.79 Å². The first-order valence-corrected chi connectivity index (χ1v) is 20.3. The molecule has 1 aromatic rings. The summed E-state index contributed by atoms with van der Waals surface area (Å²) in [6.07, 6.45) is -0.173. The van der Waals surface area contributed by atoms with E-state index in [1.165, 1.54) is 12.1 Å². The van der Waals surface area contributed by atoms with Gasteiger partial charge in [-0.05, 0) is 44.2 Å². The minimum atomic E-state index is -4.69. The molecule has 1 aromatic carbocycles. The van der Waals surface area contributed by atoms with Crippen molar-refractivity contribution in [2.75, 3.05) is 58.5 Å². The van der Waals surface area contributed by atoms with E-state index < -0.39 is 29.7 Å². The van der Waals surface area contributed by atoms with Gasteiger partial charge >= 0.3 is 17.9 Å². The zero-order chi connectivity index (χ0) is 40.6. The number of hydrogen-bond donors (Lipinski definition) is 5. The van der Waals surface area contributed by atoms with Crippen LogP contribution in [-0.2, 0) is 34.3 Å². The largest absolute Gasteiger partial charge is 0.442 e. The molecule has 3 aliphatic rings. The highest BCUT2D eigenvalue weighted by molar-refractivity contribution is 8.00. The van der Waals surface area contributed by atoms with E-state index in [2.05, 4.69) is 36.8 Å². The minimum Gasteiger partial charge on any atom is -0.379 e. The molecule has 5 N–H and O–H groups in total. The van der Waals surface area contributed by atoms with E-state index in [1.807, 2.05) is 11.8 Å². The van der Waals surface area contributed by atoms with Crippen LogP contribution in [0.4, 0.5) is 18.0 Å². The lowest BCUT2D eigenvalue weighted by atomic mass is 9.99. The number of alkyl halides is 3. The lowest BCUT2D eigenvalue weighted by Gasteiger charge is -2.19. The van der Waals surface area contributed by atoms with Crippen molar-refractivity contribution in [2.45, 2.75) is 100 Å². The van der Waals surface area contributed by atoms with Crippen molar-refractivity contribution in [1.82, 2.24) is 26.6 Å². The number of ether oxygens (including phenoxy) is 3. The van der Waals surface area contributed by atoms with Gasteiger partial charge in [0.2, 0.25) is 11.8 Å². The second-order valence-corrected chi connectivity index (χ2v) is 15.5. The van der Waals surface area contributed by atoms with Crippen LogP contribution < -0.4 is 26.6 Å². The third-order valence-electron chi connectivity index (χ3n) is 9.57. The first-order chi connectivity index (χ1) is 26.8. The molecule has 2 unspecified atom stereocenters. The van der Waals surface area contributed by atoms with Gasteiger partial charge in [0.25, 0.3) is 5.91 Å². The lowest BCUT2D eigenvalue weighted by molar-refractivity contribution is -0.166. The fourth-order valence-electron chi connectivity index (χ4n) is 6.20. The molecule has 0 bridgehead atoms. The average molecular weight is 814 g/mol. The van der Waals surface area contributed by atoms with E-state index in [1.54, 1.807) is 13.8 Å². The molecule has 0 spiro atoms. The molecule has 15 nitrogen and oxygen atoms in total. The average Bonchev–Trinajstić information content (AvgIpc) is 3.80. The van der Waals surface area contributed by atoms with Crippen molar-refractivity contribution in [3.05, 3.63) is 35.4 Å². The molecular weight excluding hydrogens is 760 g/mol. The second kappa shape index (κ2) is 22.2. The molecule has 3 heterocycles. The van der Waals surface area contributed by atoms with Gasteiger partial charge < -0.3 is 40.8 Å². The first-order valence-electron chi connectivity index (χ1n) is 19.2. The molecule has 3 aliphatic heterocycles. The molecule has 19 heteroatoms. The highest BCUT2D eigenvalue weighted by Crippen LogP contribution is 2.52. The van der Waals surface area contributed by atoms with Gasteiger partial charge in [0, 0.05) is 67.2 Å². The Morgan fingerprint density at radius 3 is 2.11 bits per heavy atom. The molecule has 0 aliphatic carbocycles. The van der Waals surface area contributed by atoms with Crippen molar-refractivity contribution in [3.63, 3.8) is 0 Å². The van der Waals surface area contributed by atoms with Gasteiger partial charge in [-0.15, -0.1) is 10.2 Å². The van der Waals surface area contributed by atoms with Gasteiger partial charge in [0.15, 0.2) is 0 Å². The van der Waals surface area contributed by atoms with Gasteiger partial charge in [-0.3, -0.25) is 19.2 Å². The maximum atomic E-state index is 13.3. The predicted octanol–water partition coefficient (Wildman–Crippen LogP) is 3.76. The summed E-state index contributed by atoms with van der Waals surface area (Å²) < 4.78 is 56.6. The number of carbonyl (C=O) groups is 5. The molecule has 2 saturated heterocycles. The van der Waals surface area contributed by atoms with Crippen molar-refractivity contribution in [1.29, 1.82) is 0 Å². The van der Waals surface area contributed by atoms with Crippen LogP contribution in [0.5, 0.6) is 0 Å². The zero-order valence-corrected chi connectivity index (χ0v) is 32.7. The van der Waals surface area contributed by atoms with Crippen LogP contribution in [-0.4, -0.2) is 118 Å². The van der Waals surface area contributed by atoms with Crippen molar-refractivity contribution < 1.29 is 51.4 Å². The number of urea groups is 1. The van der Waals surface area contributed by atoms with E-state index in [0.717, 1.165) is 37.1 Å². The number of hydrogen-bond acceptors (Lipinski definition) is 11. The number of ketones is 1. The standard InChI is InChI=1S/C37H54F3N7O8S/c1-24(2)29(48)14-13-27(43-33(50)25-9-11-26(12-10-25)36(46-47-36)37(38,39)40)34(51)42-16-6-18-54-20-22-55-21-19-53-17-5-15-41-31(49)8-4-3-7-30-32-28(23-56-30)44-35(52)45-32/h9-12,24,27-28,30,32H,3-8,13-23H2,1-2H3,(H,41,49)(H,42,51)(H,43,50)(H2,44,45,52)/t27?,28-,30?,32-/m0/s1. The quantitative estimate of drug-likeness (QED) is 0.0649.